The van der Waals surface area contributed by atoms with Crippen molar-refractivity contribution < 1.29 is 4.74 Å². The van der Waals surface area contributed by atoms with Gasteiger partial charge in [-0.15, -0.1) is 0 Å². The maximum absolute atomic E-state index is 5.36. The standard InChI is InChI=1S/C17H21NO/c1-4-15-12-14(7-10-17(15)19-3)11-13-5-8-16(18-2)9-6-13/h5-10,12,18H,4,11H2,1-3H3. The predicted molar refractivity (Wildman–Crippen MR) is 81.2 cm³/mol. The summed E-state index contributed by atoms with van der Waals surface area (Å²) < 4.78 is 5.36. The summed E-state index contributed by atoms with van der Waals surface area (Å²) in [6.07, 6.45) is 1.96. The zero-order valence-electron chi connectivity index (χ0n) is 11.9. The number of benzene rings is 2. The lowest BCUT2D eigenvalue weighted by molar-refractivity contribution is 0.410. The van der Waals surface area contributed by atoms with Crippen LogP contribution in [-0.2, 0) is 12.8 Å². The molecule has 0 aliphatic rings. The highest BCUT2D eigenvalue weighted by Crippen LogP contribution is 2.22. The van der Waals surface area contributed by atoms with Crippen LogP contribution in [0.1, 0.15) is 23.6 Å². The van der Waals surface area contributed by atoms with Gasteiger partial charge >= 0.3 is 0 Å². The Morgan fingerprint density at radius 1 is 1.00 bits per heavy atom. The van der Waals surface area contributed by atoms with Crippen LogP contribution in [-0.4, -0.2) is 14.2 Å². The molecular formula is C17H21NO. The summed E-state index contributed by atoms with van der Waals surface area (Å²) in [7, 11) is 3.66. The summed E-state index contributed by atoms with van der Waals surface area (Å²) in [5, 5.41) is 3.13. The van der Waals surface area contributed by atoms with E-state index in [9.17, 15) is 0 Å². The van der Waals surface area contributed by atoms with Crippen LogP contribution in [0, 0.1) is 0 Å². The van der Waals surface area contributed by atoms with Crippen LogP contribution in [0.3, 0.4) is 0 Å². The normalized spacial score (nSPS) is 10.3. The third-order valence-corrected chi connectivity index (χ3v) is 3.38. The maximum Gasteiger partial charge on any atom is 0.122 e. The number of anilines is 1. The summed E-state index contributed by atoms with van der Waals surface area (Å²) in [4.78, 5) is 0. The quantitative estimate of drug-likeness (QED) is 0.875. The van der Waals surface area contributed by atoms with E-state index in [0.717, 1.165) is 24.3 Å². The predicted octanol–water partition coefficient (Wildman–Crippen LogP) is 3.89. The summed E-state index contributed by atoms with van der Waals surface area (Å²) in [5.74, 6) is 0.983. The lowest BCUT2D eigenvalue weighted by Crippen LogP contribution is -1.95. The van der Waals surface area contributed by atoms with Gasteiger partial charge in [0, 0.05) is 12.7 Å². The van der Waals surface area contributed by atoms with E-state index in [0.29, 0.717) is 0 Å². The van der Waals surface area contributed by atoms with Gasteiger partial charge in [-0.3, -0.25) is 0 Å². The van der Waals surface area contributed by atoms with Crippen molar-refractivity contribution in [3.8, 4) is 5.75 Å². The lowest BCUT2D eigenvalue weighted by atomic mass is 10.0. The molecule has 0 unspecified atom stereocenters. The Hall–Kier alpha value is -1.96. The molecule has 0 amide bonds. The van der Waals surface area contributed by atoms with Crippen molar-refractivity contribution in [2.24, 2.45) is 0 Å². The van der Waals surface area contributed by atoms with Gasteiger partial charge in [-0.2, -0.15) is 0 Å². The minimum absolute atomic E-state index is 0.959. The van der Waals surface area contributed by atoms with Gasteiger partial charge in [-0.05, 0) is 47.7 Å². The smallest absolute Gasteiger partial charge is 0.122 e. The van der Waals surface area contributed by atoms with E-state index >= 15 is 0 Å². The van der Waals surface area contributed by atoms with E-state index < -0.39 is 0 Å². The summed E-state index contributed by atoms with van der Waals surface area (Å²) in [6, 6.07) is 15.0. The molecule has 0 atom stereocenters. The van der Waals surface area contributed by atoms with Gasteiger partial charge in [0.05, 0.1) is 7.11 Å². The molecular weight excluding hydrogens is 234 g/mol. The van der Waals surface area contributed by atoms with Gasteiger partial charge in [0.15, 0.2) is 0 Å². The summed E-state index contributed by atoms with van der Waals surface area (Å²) >= 11 is 0. The van der Waals surface area contributed by atoms with Crippen molar-refractivity contribution in [1.29, 1.82) is 0 Å². The highest BCUT2D eigenvalue weighted by atomic mass is 16.5. The highest BCUT2D eigenvalue weighted by Gasteiger charge is 2.03. The van der Waals surface area contributed by atoms with Crippen LogP contribution in [0.4, 0.5) is 5.69 Å². The molecule has 2 nitrogen and oxygen atoms in total. The zero-order chi connectivity index (χ0) is 13.7. The molecule has 0 bridgehead atoms. The van der Waals surface area contributed by atoms with E-state index in [-0.39, 0.29) is 0 Å². The first-order valence-electron chi connectivity index (χ1n) is 6.69. The Morgan fingerprint density at radius 2 is 1.68 bits per heavy atom. The van der Waals surface area contributed by atoms with Crippen molar-refractivity contribution >= 4 is 5.69 Å². The first kappa shape index (κ1) is 13.5. The number of nitrogens with one attached hydrogen (secondary N) is 1. The Balaban J connectivity index is 2.18. The van der Waals surface area contributed by atoms with Crippen LogP contribution < -0.4 is 10.1 Å². The zero-order valence-corrected chi connectivity index (χ0v) is 11.9. The van der Waals surface area contributed by atoms with Crippen LogP contribution >= 0.6 is 0 Å². The number of hydrogen-bond donors (Lipinski definition) is 1. The molecule has 0 heterocycles. The molecule has 0 spiro atoms. The number of ether oxygens (including phenoxy) is 1. The largest absolute Gasteiger partial charge is 0.496 e. The average molecular weight is 255 g/mol. The van der Waals surface area contributed by atoms with Gasteiger partial charge in [-0.25, -0.2) is 0 Å². The molecule has 0 aliphatic heterocycles. The maximum atomic E-state index is 5.36. The topological polar surface area (TPSA) is 21.3 Å². The molecule has 19 heavy (non-hydrogen) atoms. The van der Waals surface area contributed by atoms with Crippen LogP contribution in [0.5, 0.6) is 5.75 Å². The van der Waals surface area contributed by atoms with E-state index in [1.54, 1.807) is 7.11 Å². The third-order valence-electron chi connectivity index (χ3n) is 3.38. The summed E-state index contributed by atoms with van der Waals surface area (Å²) in [6.45, 7) is 2.16. The number of methoxy groups -OCH3 is 1. The van der Waals surface area contributed by atoms with E-state index in [4.69, 9.17) is 4.74 Å². The third kappa shape index (κ3) is 3.28. The first-order valence-corrected chi connectivity index (χ1v) is 6.69. The van der Waals surface area contributed by atoms with Crippen molar-refractivity contribution in [3.63, 3.8) is 0 Å². The Kier molecular flexibility index (Phi) is 4.45. The van der Waals surface area contributed by atoms with Gasteiger partial charge in [-0.1, -0.05) is 31.2 Å². The second kappa shape index (κ2) is 6.28. The molecule has 100 valence electrons. The summed E-state index contributed by atoms with van der Waals surface area (Å²) in [5.41, 5.74) is 5.07. The van der Waals surface area contributed by atoms with Crippen molar-refractivity contribution in [2.45, 2.75) is 19.8 Å². The number of hydrogen-bond acceptors (Lipinski definition) is 2. The molecule has 1 N–H and O–H groups in total. The molecule has 0 aromatic heterocycles. The fraction of sp³-hybridized carbons (Fsp3) is 0.294. The second-order valence-electron chi connectivity index (χ2n) is 4.62. The Morgan fingerprint density at radius 3 is 2.26 bits per heavy atom. The van der Waals surface area contributed by atoms with E-state index in [1.807, 2.05) is 7.05 Å². The van der Waals surface area contributed by atoms with Crippen molar-refractivity contribution in [2.75, 3.05) is 19.5 Å². The first-order chi connectivity index (χ1) is 9.26. The van der Waals surface area contributed by atoms with Gasteiger partial charge in [0.1, 0.15) is 5.75 Å². The molecule has 0 saturated carbocycles. The van der Waals surface area contributed by atoms with Crippen LogP contribution in [0.2, 0.25) is 0 Å². The van der Waals surface area contributed by atoms with Crippen LogP contribution in [0.25, 0.3) is 0 Å². The molecule has 2 aromatic rings. The lowest BCUT2D eigenvalue weighted by Gasteiger charge is -2.10. The van der Waals surface area contributed by atoms with Crippen LogP contribution in [0.15, 0.2) is 42.5 Å². The molecule has 0 radical (unpaired) electrons. The fourth-order valence-electron chi connectivity index (χ4n) is 2.24. The molecule has 0 aliphatic carbocycles. The van der Waals surface area contributed by atoms with E-state index in [1.165, 1.54) is 16.7 Å². The Bertz CT molecular complexity index is 531. The fourth-order valence-corrected chi connectivity index (χ4v) is 2.24. The van der Waals surface area contributed by atoms with Gasteiger partial charge < -0.3 is 10.1 Å². The SMILES string of the molecule is CCc1cc(Cc2ccc(NC)cc2)ccc1OC. The number of rotatable bonds is 5. The van der Waals surface area contributed by atoms with Gasteiger partial charge in [0.25, 0.3) is 0 Å². The van der Waals surface area contributed by atoms with Gasteiger partial charge in [0.2, 0.25) is 0 Å². The molecule has 2 heteroatoms. The second-order valence-corrected chi connectivity index (χ2v) is 4.62. The average Bonchev–Trinajstić information content (AvgIpc) is 2.48. The van der Waals surface area contributed by atoms with Crippen molar-refractivity contribution in [1.82, 2.24) is 0 Å². The minimum atomic E-state index is 0.959. The van der Waals surface area contributed by atoms with Crippen molar-refractivity contribution in [3.05, 3.63) is 59.2 Å². The molecule has 2 rings (SSSR count). The highest BCUT2D eigenvalue weighted by molar-refractivity contribution is 5.45. The molecule has 0 saturated heterocycles. The Labute approximate surface area is 115 Å². The number of aryl methyl sites for hydroxylation is 1. The minimum Gasteiger partial charge on any atom is -0.496 e. The van der Waals surface area contributed by atoms with E-state index in [2.05, 4.69) is 54.7 Å². The monoisotopic (exact) mass is 255 g/mol. The molecule has 0 fully saturated rings. The molecule has 2 aromatic carbocycles.